The van der Waals surface area contributed by atoms with E-state index in [9.17, 15) is 9.90 Å². The second-order valence-corrected chi connectivity index (χ2v) is 3.10. The standard InChI is InChI=1S/C8H17NO3/c1-3-4-12-7(10)5-8(2,11)6-9/h11H,3-6,9H2,1-2H3. The quantitative estimate of drug-likeness (QED) is 0.579. The van der Waals surface area contributed by atoms with Gasteiger partial charge in [-0.25, -0.2) is 0 Å². The van der Waals surface area contributed by atoms with Crippen molar-refractivity contribution in [2.75, 3.05) is 13.2 Å². The van der Waals surface area contributed by atoms with E-state index in [-0.39, 0.29) is 13.0 Å². The molecule has 0 saturated heterocycles. The maximum Gasteiger partial charge on any atom is 0.308 e. The van der Waals surface area contributed by atoms with Crippen LogP contribution in [0.15, 0.2) is 0 Å². The number of rotatable bonds is 5. The van der Waals surface area contributed by atoms with Crippen molar-refractivity contribution >= 4 is 5.97 Å². The highest BCUT2D eigenvalue weighted by Crippen LogP contribution is 2.07. The molecule has 0 saturated carbocycles. The molecule has 0 rings (SSSR count). The van der Waals surface area contributed by atoms with Crippen molar-refractivity contribution in [2.24, 2.45) is 5.73 Å². The summed E-state index contributed by atoms with van der Waals surface area (Å²) >= 11 is 0. The first-order chi connectivity index (χ1) is 5.52. The number of hydrogen-bond donors (Lipinski definition) is 2. The third-order valence-electron chi connectivity index (χ3n) is 1.43. The highest BCUT2D eigenvalue weighted by Gasteiger charge is 2.22. The predicted octanol–water partition coefficient (Wildman–Crippen LogP) is 0.0394. The number of hydrogen-bond acceptors (Lipinski definition) is 4. The molecule has 0 aliphatic rings. The van der Waals surface area contributed by atoms with Gasteiger partial charge in [0.15, 0.2) is 0 Å². The Balaban J connectivity index is 3.68. The van der Waals surface area contributed by atoms with Crippen LogP contribution in [0, 0.1) is 0 Å². The molecule has 1 unspecified atom stereocenters. The summed E-state index contributed by atoms with van der Waals surface area (Å²) in [6, 6.07) is 0. The summed E-state index contributed by atoms with van der Waals surface area (Å²) in [5, 5.41) is 9.37. The van der Waals surface area contributed by atoms with Gasteiger partial charge in [0.25, 0.3) is 0 Å². The third-order valence-corrected chi connectivity index (χ3v) is 1.43. The van der Waals surface area contributed by atoms with Crippen molar-refractivity contribution in [2.45, 2.75) is 32.3 Å². The average Bonchev–Trinajstić information content (AvgIpc) is 2.00. The summed E-state index contributed by atoms with van der Waals surface area (Å²) < 4.78 is 4.77. The first-order valence-electron chi connectivity index (χ1n) is 4.10. The maximum atomic E-state index is 10.9. The number of carbonyl (C=O) groups excluding carboxylic acids is 1. The zero-order valence-corrected chi connectivity index (χ0v) is 7.67. The minimum absolute atomic E-state index is 0.0382. The molecule has 0 bridgehead atoms. The van der Waals surface area contributed by atoms with Crippen LogP contribution in [-0.2, 0) is 9.53 Å². The van der Waals surface area contributed by atoms with Crippen molar-refractivity contribution in [3.63, 3.8) is 0 Å². The molecular weight excluding hydrogens is 158 g/mol. The van der Waals surface area contributed by atoms with Crippen molar-refractivity contribution in [3.8, 4) is 0 Å². The molecule has 0 spiro atoms. The van der Waals surface area contributed by atoms with Gasteiger partial charge in [0.05, 0.1) is 18.6 Å². The normalized spacial score (nSPS) is 15.3. The molecule has 0 aromatic rings. The SMILES string of the molecule is CCCOC(=O)CC(C)(O)CN. The second-order valence-electron chi connectivity index (χ2n) is 3.10. The summed E-state index contributed by atoms with van der Waals surface area (Å²) in [5.41, 5.74) is 4.09. The van der Waals surface area contributed by atoms with Gasteiger partial charge in [-0.1, -0.05) is 6.92 Å². The first-order valence-corrected chi connectivity index (χ1v) is 4.10. The van der Waals surface area contributed by atoms with Crippen LogP contribution < -0.4 is 5.73 Å². The summed E-state index contributed by atoms with van der Waals surface area (Å²) in [5.74, 6) is -0.396. The Morgan fingerprint density at radius 2 is 2.25 bits per heavy atom. The fourth-order valence-electron chi connectivity index (χ4n) is 0.650. The van der Waals surface area contributed by atoms with Crippen LogP contribution in [0.5, 0.6) is 0 Å². The first kappa shape index (κ1) is 11.4. The maximum absolute atomic E-state index is 10.9. The summed E-state index contributed by atoms with van der Waals surface area (Å²) in [7, 11) is 0. The Morgan fingerprint density at radius 3 is 2.67 bits per heavy atom. The van der Waals surface area contributed by atoms with Crippen molar-refractivity contribution < 1.29 is 14.6 Å². The van der Waals surface area contributed by atoms with E-state index in [4.69, 9.17) is 10.5 Å². The van der Waals surface area contributed by atoms with E-state index in [1.165, 1.54) is 6.92 Å². The van der Waals surface area contributed by atoms with E-state index >= 15 is 0 Å². The lowest BCUT2D eigenvalue weighted by Crippen LogP contribution is -2.37. The molecule has 0 aliphatic carbocycles. The molecule has 1 atom stereocenters. The molecule has 0 aromatic carbocycles. The number of aliphatic hydroxyl groups is 1. The minimum Gasteiger partial charge on any atom is -0.466 e. The second kappa shape index (κ2) is 5.11. The third kappa shape index (κ3) is 5.09. The number of carbonyl (C=O) groups is 1. The Labute approximate surface area is 72.7 Å². The van der Waals surface area contributed by atoms with Gasteiger partial charge >= 0.3 is 5.97 Å². The van der Waals surface area contributed by atoms with Gasteiger partial charge in [0.2, 0.25) is 0 Å². The van der Waals surface area contributed by atoms with Crippen molar-refractivity contribution in [3.05, 3.63) is 0 Å². The summed E-state index contributed by atoms with van der Waals surface area (Å²) in [6.07, 6.45) is 0.750. The fourth-order valence-corrected chi connectivity index (χ4v) is 0.650. The van der Waals surface area contributed by atoms with Crippen LogP contribution in [-0.4, -0.2) is 29.8 Å². The van der Waals surface area contributed by atoms with Gasteiger partial charge in [-0.3, -0.25) is 4.79 Å². The highest BCUT2D eigenvalue weighted by atomic mass is 16.5. The van der Waals surface area contributed by atoms with Crippen LogP contribution in [0.1, 0.15) is 26.7 Å². The largest absolute Gasteiger partial charge is 0.466 e. The number of ether oxygens (including phenoxy) is 1. The van der Waals surface area contributed by atoms with Gasteiger partial charge < -0.3 is 15.6 Å². The van der Waals surface area contributed by atoms with Crippen molar-refractivity contribution in [1.82, 2.24) is 0 Å². The van der Waals surface area contributed by atoms with Crippen LogP contribution in [0.3, 0.4) is 0 Å². The monoisotopic (exact) mass is 175 g/mol. The Hall–Kier alpha value is -0.610. The van der Waals surface area contributed by atoms with Crippen LogP contribution >= 0.6 is 0 Å². The number of esters is 1. The molecule has 0 amide bonds. The topological polar surface area (TPSA) is 72.5 Å². The van der Waals surface area contributed by atoms with E-state index in [0.29, 0.717) is 6.61 Å². The minimum atomic E-state index is -1.13. The lowest BCUT2D eigenvalue weighted by molar-refractivity contribution is -0.148. The highest BCUT2D eigenvalue weighted by molar-refractivity contribution is 5.70. The Kier molecular flexibility index (Phi) is 4.85. The van der Waals surface area contributed by atoms with Gasteiger partial charge in [-0.15, -0.1) is 0 Å². The molecule has 72 valence electrons. The summed E-state index contributed by atoms with van der Waals surface area (Å²) in [4.78, 5) is 10.9. The van der Waals surface area contributed by atoms with Crippen LogP contribution in [0.4, 0.5) is 0 Å². The molecule has 0 fully saturated rings. The molecule has 12 heavy (non-hydrogen) atoms. The molecule has 0 heterocycles. The van der Waals surface area contributed by atoms with E-state index in [1.54, 1.807) is 0 Å². The summed E-state index contributed by atoms with van der Waals surface area (Å²) in [6.45, 7) is 3.89. The van der Waals surface area contributed by atoms with Gasteiger partial charge in [-0.2, -0.15) is 0 Å². The molecule has 3 N–H and O–H groups in total. The zero-order chi connectivity index (χ0) is 9.61. The van der Waals surface area contributed by atoms with E-state index in [2.05, 4.69) is 0 Å². The fraction of sp³-hybridized carbons (Fsp3) is 0.875. The predicted molar refractivity (Wildman–Crippen MR) is 45.5 cm³/mol. The smallest absolute Gasteiger partial charge is 0.308 e. The molecule has 4 nitrogen and oxygen atoms in total. The van der Waals surface area contributed by atoms with E-state index in [0.717, 1.165) is 6.42 Å². The Morgan fingerprint density at radius 1 is 1.67 bits per heavy atom. The lowest BCUT2D eigenvalue weighted by atomic mass is 10.0. The van der Waals surface area contributed by atoms with Gasteiger partial charge in [-0.05, 0) is 13.3 Å². The zero-order valence-electron chi connectivity index (χ0n) is 7.67. The van der Waals surface area contributed by atoms with Gasteiger partial charge in [0.1, 0.15) is 0 Å². The average molecular weight is 175 g/mol. The van der Waals surface area contributed by atoms with E-state index < -0.39 is 11.6 Å². The Bertz CT molecular complexity index is 145. The van der Waals surface area contributed by atoms with Crippen LogP contribution in [0.25, 0.3) is 0 Å². The molecule has 0 aromatic heterocycles. The van der Waals surface area contributed by atoms with Crippen molar-refractivity contribution in [1.29, 1.82) is 0 Å². The lowest BCUT2D eigenvalue weighted by Gasteiger charge is -2.19. The van der Waals surface area contributed by atoms with Gasteiger partial charge in [0, 0.05) is 6.54 Å². The molecule has 4 heteroatoms. The molecule has 0 aliphatic heterocycles. The van der Waals surface area contributed by atoms with E-state index in [1.807, 2.05) is 6.92 Å². The molecular formula is C8H17NO3. The molecule has 0 radical (unpaired) electrons. The number of nitrogens with two attached hydrogens (primary N) is 1. The van der Waals surface area contributed by atoms with Crippen LogP contribution in [0.2, 0.25) is 0 Å².